The minimum absolute atomic E-state index is 0. The van der Waals surface area contributed by atoms with Gasteiger partial charge in [-0.1, -0.05) is 0 Å². The van der Waals surface area contributed by atoms with Crippen molar-refractivity contribution in [1.82, 2.24) is 15.3 Å². The molecule has 0 atom stereocenters. The summed E-state index contributed by atoms with van der Waals surface area (Å²) in [6.45, 7) is 5.76. The first kappa shape index (κ1) is 19.6. The summed E-state index contributed by atoms with van der Waals surface area (Å²) >= 11 is 1.34. The Labute approximate surface area is 151 Å². The van der Waals surface area contributed by atoms with Gasteiger partial charge in [0.1, 0.15) is 10.7 Å². The lowest BCUT2D eigenvalue weighted by atomic mass is 10.3. The first-order valence-electron chi connectivity index (χ1n) is 6.87. The second-order valence-corrected chi connectivity index (χ2v) is 5.71. The summed E-state index contributed by atoms with van der Waals surface area (Å²) in [7, 11) is 0. The van der Waals surface area contributed by atoms with Crippen molar-refractivity contribution in [3.63, 3.8) is 0 Å². The molecule has 1 fully saturated rings. The van der Waals surface area contributed by atoms with E-state index in [1.165, 1.54) is 11.3 Å². The maximum Gasteiger partial charge on any atom is 0.268 e. The van der Waals surface area contributed by atoms with Crippen LogP contribution in [0.25, 0.3) is 0 Å². The minimum atomic E-state index is -0.155. The molecule has 23 heavy (non-hydrogen) atoms. The van der Waals surface area contributed by atoms with Gasteiger partial charge in [-0.3, -0.25) is 4.79 Å². The van der Waals surface area contributed by atoms with E-state index in [4.69, 9.17) is 0 Å². The number of nitrogens with one attached hydrogen (secondary N) is 2. The normalized spacial score (nSPS) is 13.7. The summed E-state index contributed by atoms with van der Waals surface area (Å²) < 4.78 is 0. The molecule has 3 rings (SSSR count). The Bertz CT molecular complexity index is 628. The van der Waals surface area contributed by atoms with E-state index in [2.05, 4.69) is 25.5 Å². The topological polar surface area (TPSA) is 70.2 Å². The van der Waals surface area contributed by atoms with Crippen molar-refractivity contribution in [2.45, 2.75) is 6.92 Å². The Hall–Kier alpha value is -1.41. The average molecular weight is 376 g/mol. The van der Waals surface area contributed by atoms with Crippen LogP contribution < -0.4 is 15.5 Å². The highest BCUT2D eigenvalue weighted by Gasteiger charge is 2.13. The molecule has 3 heterocycles. The maximum atomic E-state index is 12.1. The monoisotopic (exact) mass is 375 g/mol. The molecule has 2 aromatic heterocycles. The Morgan fingerprint density at radius 1 is 1.26 bits per heavy atom. The van der Waals surface area contributed by atoms with Crippen LogP contribution in [-0.2, 0) is 0 Å². The van der Waals surface area contributed by atoms with E-state index in [1.54, 1.807) is 11.7 Å². The number of carbonyl (C=O) groups is 1. The predicted molar refractivity (Wildman–Crippen MR) is 98.6 cm³/mol. The van der Waals surface area contributed by atoms with Crippen LogP contribution in [0.5, 0.6) is 0 Å². The Morgan fingerprint density at radius 3 is 2.57 bits per heavy atom. The molecule has 1 saturated heterocycles. The van der Waals surface area contributed by atoms with Crippen LogP contribution in [0.1, 0.15) is 15.4 Å². The first-order chi connectivity index (χ1) is 10.2. The van der Waals surface area contributed by atoms with Crippen LogP contribution in [0, 0.1) is 6.92 Å². The van der Waals surface area contributed by atoms with Gasteiger partial charge in [-0.05, 0) is 19.1 Å². The average Bonchev–Trinajstić information content (AvgIpc) is 2.95. The van der Waals surface area contributed by atoms with E-state index in [0.29, 0.717) is 10.7 Å². The number of nitrogens with zero attached hydrogens (tertiary/aromatic N) is 3. The van der Waals surface area contributed by atoms with E-state index in [-0.39, 0.29) is 30.7 Å². The third-order valence-electron chi connectivity index (χ3n) is 3.42. The van der Waals surface area contributed by atoms with Crippen molar-refractivity contribution in [2.24, 2.45) is 0 Å². The minimum Gasteiger partial charge on any atom is -0.368 e. The molecule has 1 aliphatic heterocycles. The number of hydrogen-bond acceptors (Lipinski definition) is 6. The summed E-state index contributed by atoms with van der Waals surface area (Å²) in [4.78, 5) is 23.4. The molecule has 2 N–H and O–H groups in total. The number of carbonyl (C=O) groups excluding carboxylic acids is 1. The highest BCUT2D eigenvalue weighted by Crippen LogP contribution is 2.18. The molecule has 0 aromatic carbocycles. The molecular weight excluding hydrogens is 357 g/mol. The van der Waals surface area contributed by atoms with E-state index < -0.39 is 0 Å². The molecule has 0 aliphatic carbocycles. The van der Waals surface area contributed by atoms with Crippen LogP contribution in [-0.4, -0.2) is 42.1 Å². The lowest BCUT2D eigenvalue weighted by Gasteiger charge is -2.29. The second kappa shape index (κ2) is 9.02. The number of anilines is 2. The van der Waals surface area contributed by atoms with Gasteiger partial charge in [0.2, 0.25) is 0 Å². The highest BCUT2D eigenvalue weighted by atomic mass is 35.5. The van der Waals surface area contributed by atoms with Gasteiger partial charge in [-0.25, -0.2) is 9.97 Å². The number of piperazine rings is 1. The molecule has 0 unspecified atom stereocenters. The number of halogens is 2. The van der Waals surface area contributed by atoms with Crippen molar-refractivity contribution in [3.8, 4) is 0 Å². The van der Waals surface area contributed by atoms with E-state index in [1.807, 2.05) is 19.1 Å². The van der Waals surface area contributed by atoms with Gasteiger partial charge in [0.15, 0.2) is 0 Å². The Morgan fingerprint density at radius 2 is 2.00 bits per heavy atom. The van der Waals surface area contributed by atoms with Crippen LogP contribution in [0.4, 0.5) is 11.5 Å². The quantitative estimate of drug-likeness (QED) is 0.861. The molecule has 0 bridgehead atoms. The molecule has 1 aliphatic rings. The van der Waals surface area contributed by atoms with Gasteiger partial charge in [0.05, 0.1) is 23.1 Å². The molecule has 1 amide bonds. The number of aromatic nitrogens is 2. The zero-order valence-corrected chi connectivity index (χ0v) is 15.1. The number of hydrogen-bond donors (Lipinski definition) is 2. The van der Waals surface area contributed by atoms with Gasteiger partial charge in [-0.15, -0.1) is 36.2 Å². The fourth-order valence-electron chi connectivity index (χ4n) is 2.26. The predicted octanol–water partition coefficient (Wildman–Crippen LogP) is 2.35. The molecule has 0 saturated carbocycles. The van der Waals surface area contributed by atoms with Crippen LogP contribution in [0.3, 0.4) is 0 Å². The molecule has 9 heteroatoms. The highest BCUT2D eigenvalue weighted by molar-refractivity contribution is 7.12. The van der Waals surface area contributed by atoms with Gasteiger partial charge >= 0.3 is 0 Å². The summed E-state index contributed by atoms with van der Waals surface area (Å²) in [5.74, 6) is 0.407. The lowest BCUT2D eigenvalue weighted by molar-refractivity contribution is 0.102. The molecule has 126 valence electrons. The molecule has 0 radical (unpaired) electrons. The number of pyridine rings is 1. The fraction of sp³-hybridized carbons (Fsp3) is 0.357. The Kier molecular flexibility index (Phi) is 7.70. The van der Waals surface area contributed by atoms with Crippen LogP contribution >= 0.6 is 36.2 Å². The van der Waals surface area contributed by atoms with E-state index >= 15 is 0 Å². The number of aryl methyl sites for hydroxylation is 1. The SMILES string of the molecule is Cc1ncsc1C(=O)Nc1ccc(N2CCNCC2)cn1.Cl.Cl. The second-order valence-electron chi connectivity index (χ2n) is 4.86. The zero-order chi connectivity index (χ0) is 14.7. The van der Waals surface area contributed by atoms with Crippen LogP contribution in [0.15, 0.2) is 23.8 Å². The van der Waals surface area contributed by atoms with Gasteiger partial charge in [0.25, 0.3) is 5.91 Å². The number of thiazole rings is 1. The Balaban J connectivity index is 0.00000132. The summed E-state index contributed by atoms with van der Waals surface area (Å²) in [5.41, 5.74) is 3.50. The molecule has 0 spiro atoms. The fourth-order valence-corrected chi connectivity index (χ4v) is 2.96. The van der Waals surface area contributed by atoms with Crippen molar-refractivity contribution in [1.29, 1.82) is 0 Å². The molecule has 6 nitrogen and oxygen atoms in total. The van der Waals surface area contributed by atoms with Crippen molar-refractivity contribution >= 4 is 53.6 Å². The first-order valence-corrected chi connectivity index (χ1v) is 7.75. The van der Waals surface area contributed by atoms with Crippen LogP contribution in [0.2, 0.25) is 0 Å². The lowest BCUT2D eigenvalue weighted by Crippen LogP contribution is -2.43. The standard InChI is InChI=1S/C14H17N5OS.2ClH/c1-10-13(21-9-17-10)14(20)18-12-3-2-11(8-16-12)19-6-4-15-5-7-19;;/h2-3,8-9,15H,4-7H2,1H3,(H,16,18,20);2*1H. The third kappa shape index (κ3) is 4.78. The maximum absolute atomic E-state index is 12.1. The summed E-state index contributed by atoms with van der Waals surface area (Å²) in [5, 5.41) is 6.12. The van der Waals surface area contributed by atoms with Crippen molar-refractivity contribution in [2.75, 3.05) is 36.4 Å². The molecular formula is C14H19Cl2N5OS. The summed E-state index contributed by atoms with van der Waals surface area (Å²) in [6, 6.07) is 3.83. The van der Waals surface area contributed by atoms with Crippen molar-refractivity contribution < 1.29 is 4.79 Å². The largest absolute Gasteiger partial charge is 0.368 e. The summed E-state index contributed by atoms with van der Waals surface area (Å²) in [6.07, 6.45) is 1.81. The van der Waals surface area contributed by atoms with Gasteiger partial charge < -0.3 is 15.5 Å². The van der Waals surface area contributed by atoms with Gasteiger partial charge in [-0.2, -0.15) is 0 Å². The zero-order valence-electron chi connectivity index (χ0n) is 12.6. The number of rotatable bonds is 3. The smallest absolute Gasteiger partial charge is 0.268 e. The van der Waals surface area contributed by atoms with Crippen molar-refractivity contribution in [3.05, 3.63) is 34.4 Å². The van der Waals surface area contributed by atoms with E-state index in [0.717, 1.165) is 37.6 Å². The number of amides is 1. The third-order valence-corrected chi connectivity index (χ3v) is 4.35. The van der Waals surface area contributed by atoms with E-state index in [9.17, 15) is 4.79 Å². The molecule has 2 aromatic rings. The van der Waals surface area contributed by atoms with Gasteiger partial charge in [0, 0.05) is 26.2 Å².